The molecular weight excluding hydrogens is 394 g/mol. The van der Waals surface area contributed by atoms with Gasteiger partial charge >= 0.3 is 11.5 Å². The largest absolute Gasteiger partial charge is 0.488 e. The first-order chi connectivity index (χ1) is 12.7. The Balaban J connectivity index is 1.84. The van der Waals surface area contributed by atoms with Gasteiger partial charge in [-0.1, -0.05) is 18.7 Å². The van der Waals surface area contributed by atoms with Crippen LogP contribution in [0.5, 0.6) is 5.88 Å². The van der Waals surface area contributed by atoms with Crippen molar-refractivity contribution < 1.29 is 19.8 Å². The lowest BCUT2D eigenvalue weighted by Gasteiger charge is -2.52. The molecule has 2 aliphatic rings. The highest BCUT2D eigenvalue weighted by atomic mass is 32.2. The number of carboxylic acids is 1. The monoisotopic (exact) mass is 415 g/mol. The fraction of sp³-hybridized carbons (Fsp3) is 0.667. The molecule has 2 fully saturated rings. The molecule has 27 heavy (non-hydrogen) atoms. The van der Waals surface area contributed by atoms with E-state index >= 15 is 0 Å². The Morgan fingerprint density at radius 1 is 1.48 bits per heavy atom. The lowest BCUT2D eigenvalue weighted by Crippen LogP contribution is -2.72. The average Bonchev–Trinajstić information content (AvgIpc) is 2.67. The molecule has 4 N–H and O–H groups in total. The predicted octanol–water partition coefficient (Wildman–Crippen LogP) is -0.280. The zero-order valence-corrected chi connectivity index (χ0v) is 16.5. The summed E-state index contributed by atoms with van der Waals surface area (Å²) in [5.41, 5.74) is 3.92. The molecule has 0 bridgehead atoms. The number of β-lactam (4-membered cyclic amide) rings is 1. The first-order valence-electron chi connectivity index (χ1n) is 8.44. The number of hydrogen-bond donors (Lipinski definition) is 3. The number of nitrogens with zero attached hydrogens (tertiary/aromatic N) is 4. The Morgan fingerprint density at radius 2 is 2.19 bits per heavy atom. The third-order valence-electron chi connectivity index (χ3n) is 5.00. The van der Waals surface area contributed by atoms with Gasteiger partial charge in [-0.3, -0.25) is 19.0 Å². The topological polar surface area (TPSA) is 152 Å². The Kier molecular flexibility index (Phi) is 5.41. The van der Waals surface area contributed by atoms with Crippen molar-refractivity contribution in [1.82, 2.24) is 19.7 Å². The summed E-state index contributed by atoms with van der Waals surface area (Å²) in [5.74, 6) is -1.54. The van der Waals surface area contributed by atoms with Crippen LogP contribution in [-0.2, 0) is 9.59 Å². The Labute approximate surface area is 163 Å². The minimum Gasteiger partial charge on any atom is -0.488 e. The van der Waals surface area contributed by atoms with Gasteiger partial charge in [0.15, 0.2) is 5.16 Å². The molecule has 12 heteroatoms. The molecular formula is C15H21N5O5S2. The van der Waals surface area contributed by atoms with Crippen molar-refractivity contribution in [3.63, 3.8) is 0 Å². The smallest absolute Gasteiger partial charge is 0.317 e. The first-order valence-corrected chi connectivity index (χ1v) is 10.5. The Morgan fingerprint density at radius 3 is 2.81 bits per heavy atom. The van der Waals surface area contributed by atoms with Crippen LogP contribution in [0.1, 0.15) is 26.3 Å². The molecule has 3 heterocycles. The van der Waals surface area contributed by atoms with Crippen LogP contribution in [0.3, 0.4) is 0 Å². The van der Waals surface area contributed by atoms with Crippen molar-refractivity contribution in [2.24, 2.45) is 11.1 Å². The molecule has 0 spiro atoms. The molecule has 3 unspecified atom stereocenters. The summed E-state index contributed by atoms with van der Waals surface area (Å²) in [4.78, 5) is 37.7. The molecule has 1 aromatic rings. The van der Waals surface area contributed by atoms with Gasteiger partial charge in [-0.05, 0) is 13.3 Å². The molecule has 10 nitrogen and oxygen atoms in total. The maximum absolute atomic E-state index is 12.2. The van der Waals surface area contributed by atoms with Crippen LogP contribution in [0.25, 0.3) is 0 Å². The van der Waals surface area contributed by atoms with Crippen LogP contribution >= 0.6 is 23.5 Å². The molecule has 3 rings (SSSR count). The number of carbonyl (C=O) groups is 2. The van der Waals surface area contributed by atoms with Crippen LogP contribution in [-0.4, -0.2) is 71.2 Å². The van der Waals surface area contributed by atoms with E-state index in [1.54, 1.807) is 6.92 Å². The number of amides is 1. The third kappa shape index (κ3) is 3.29. The summed E-state index contributed by atoms with van der Waals surface area (Å²) >= 11 is 2.45. The van der Waals surface area contributed by atoms with Gasteiger partial charge in [0.2, 0.25) is 5.91 Å². The quantitative estimate of drug-likeness (QED) is 0.418. The number of nitrogens with two attached hydrogens (primary N) is 1. The molecule has 2 aliphatic heterocycles. The number of aromatic hydroxyl groups is 1. The number of rotatable bonds is 6. The number of aromatic nitrogens is 3. The highest BCUT2D eigenvalue weighted by Crippen LogP contribution is 2.43. The molecule has 2 saturated heterocycles. The molecule has 4 atom stereocenters. The van der Waals surface area contributed by atoms with Crippen LogP contribution in [0.15, 0.2) is 9.95 Å². The van der Waals surface area contributed by atoms with Crippen LogP contribution < -0.4 is 11.3 Å². The summed E-state index contributed by atoms with van der Waals surface area (Å²) in [5, 5.41) is 26.8. The van der Waals surface area contributed by atoms with E-state index in [0.29, 0.717) is 12.2 Å². The van der Waals surface area contributed by atoms with Crippen LogP contribution in [0.4, 0.5) is 0 Å². The van der Waals surface area contributed by atoms with Crippen LogP contribution in [0, 0.1) is 5.41 Å². The standard InChI is InChI=1S/C15H21N5O5S2/c1-3-7(2)20-11(23)9(21)17-18-14(20)27-6-15(13(24)25)4-19-10(22)8(16)12(19)26-5-15/h7-8,12H,3-6,16H2,1-2H3,(H,17,21)(H,24,25)/t7?,8?,12-,15?/m1/s1. The normalized spacial score (nSPS) is 28.4. The second kappa shape index (κ2) is 7.32. The van der Waals surface area contributed by atoms with E-state index in [1.807, 2.05) is 6.92 Å². The predicted molar refractivity (Wildman–Crippen MR) is 99.7 cm³/mol. The zero-order chi connectivity index (χ0) is 19.9. The summed E-state index contributed by atoms with van der Waals surface area (Å²) in [7, 11) is 0. The Hall–Kier alpha value is -1.79. The summed E-state index contributed by atoms with van der Waals surface area (Å²) in [6.07, 6.45) is 0.625. The van der Waals surface area contributed by atoms with Gasteiger partial charge in [0, 0.05) is 24.1 Å². The number of aliphatic carboxylic acids is 1. The number of fused-ring (bicyclic) bond motifs is 1. The fourth-order valence-corrected chi connectivity index (χ4v) is 5.90. The molecule has 0 aliphatic carbocycles. The van der Waals surface area contributed by atoms with Crippen molar-refractivity contribution in [3.05, 3.63) is 10.4 Å². The zero-order valence-electron chi connectivity index (χ0n) is 14.9. The highest BCUT2D eigenvalue weighted by molar-refractivity contribution is 8.00. The van der Waals surface area contributed by atoms with Gasteiger partial charge in [0.05, 0.1) is 0 Å². The van der Waals surface area contributed by atoms with Gasteiger partial charge in [-0.2, -0.15) is 0 Å². The minimum absolute atomic E-state index is 0.0681. The van der Waals surface area contributed by atoms with E-state index in [9.17, 15) is 24.6 Å². The van der Waals surface area contributed by atoms with Gasteiger partial charge in [0.1, 0.15) is 16.8 Å². The van der Waals surface area contributed by atoms with Crippen LogP contribution in [0.2, 0.25) is 0 Å². The SMILES string of the molecule is CCC(C)n1c(SCC2(C(=O)O)CS[C@@H]3C(N)C(=O)N3C2)nnc(O)c1=O. The second-order valence-electron chi connectivity index (χ2n) is 6.81. The molecule has 1 amide bonds. The van der Waals surface area contributed by atoms with Crippen molar-refractivity contribution in [2.75, 3.05) is 18.1 Å². The van der Waals surface area contributed by atoms with E-state index in [2.05, 4.69) is 10.2 Å². The summed E-state index contributed by atoms with van der Waals surface area (Å²) in [6.45, 7) is 3.76. The van der Waals surface area contributed by atoms with Gasteiger partial charge in [-0.25, -0.2) is 0 Å². The average molecular weight is 415 g/mol. The van der Waals surface area contributed by atoms with Crippen molar-refractivity contribution in [3.8, 4) is 5.88 Å². The summed E-state index contributed by atoms with van der Waals surface area (Å²) < 4.78 is 1.33. The number of thioether (sulfide) groups is 2. The van der Waals surface area contributed by atoms with Crippen molar-refractivity contribution >= 4 is 35.4 Å². The van der Waals surface area contributed by atoms with E-state index in [-0.39, 0.29) is 34.8 Å². The fourth-order valence-electron chi connectivity index (χ4n) is 3.06. The molecule has 0 radical (unpaired) electrons. The van der Waals surface area contributed by atoms with Gasteiger partial charge in [-0.15, -0.1) is 22.0 Å². The lowest BCUT2D eigenvalue weighted by atomic mass is 9.89. The van der Waals surface area contributed by atoms with E-state index in [0.717, 1.165) is 11.8 Å². The van der Waals surface area contributed by atoms with Crippen molar-refractivity contribution in [1.29, 1.82) is 0 Å². The molecule has 1 aromatic heterocycles. The number of hydrogen-bond acceptors (Lipinski definition) is 9. The molecule has 148 valence electrons. The summed E-state index contributed by atoms with van der Waals surface area (Å²) in [6, 6.07) is -0.810. The number of carbonyl (C=O) groups excluding carboxylic acids is 1. The lowest BCUT2D eigenvalue weighted by molar-refractivity contribution is -0.155. The minimum atomic E-state index is -1.18. The van der Waals surface area contributed by atoms with Gasteiger partial charge in [0.25, 0.3) is 5.88 Å². The second-order valence-corrected chi connectivity index (χ2v) is 8.85. The third-order valence-corrected chi connectivity index (χ3v) is 7.84. The molecule has 0 aromatic carbocycles. The Bertz CT molecular complexity index is 833. The molecule has 0 saturated carbocycles. The maximum atomic E-state index is 12.2. The van der Waals surface area contributed by atoms with Crippen molar-refractivity contribution in [2.45, 2.75) is 42.9 Å². The highest BCUT2D eigenvalue weighted by Gasteiger charge is 2.55. The van der Waals surface area contributed by atoms with E-state index < -0.39 is 28.9 Å². The van der Waals surface area contributed by atoms with Gasteiger partial charge < -0.3 is 20.8 Å². The first kappa shape index (κ1) is 20.0. The number of carboxylic acid groups (broad SMARTS) is 1. The van der Waals surface area contributed by atoms with E-state index in [1.165, 1.54) is 21.2 Å². The van der Waals surface area contributed by atoms with E-state index in [4.69, 9.17) is 5.73 Å². The maximum Gasteiger partial charge on any atom is 0.317 e.